The number of hydrogen-bond acceptors (Lipinski definition) is 7. The number of carbonyl (C=O) groups excluding carboxylic acids is 1. The van der Waals surface area contributed by atoms with Gasteiger partial charge in [0.15, 0.2) is 5.82 Å². The van der Waals surface area contributed by atoms with Crippen LogP contribution in [-0.4, -0.2) is 66.6 Å². The molecule has 3 saturated heterocycles. The molecule has 0 aromatic carbocycles. The van der Waals surface area contributed by atoms with Gasteiger partial charge in [0.25, 0.3) is 5.89 Å². The average Bonchev–Trinajstić information content (AvgIpc) is 3.16. The summed E-state index contributed by atoms with van der Waals surface area (Å²) in [6.45, 7) is 4.12. The van der Waals surface area contributed by atoms with Crippen LogP contribution in [-0.2, 0) is 32.0 Å². The van der Waals surface area contributed by atoms with Crippen molar-refractivity contribution in [3.05, 3.63) is 11.7 Å². The van der Waals surface area contributed by atoms with E-state index in [0.29, 0.717) is 37.5 Å². The van der Waals surface area contributed by atoms with Crippen LogP contribution in [0.1, 0.15) is 50.2 Å². The van der Waals surface area contributed by atoms with Gasteiger partial charge in [0.2, 0.25) is 5.91 Å². The van der Waals surface area contributed by atoms with E-state index in [1.807, 2.05) is 4.90 Å². The van der Waals surface area contributed by atoms with Crippen LogP contribution < -0.4 is 0 Å². The minimum absolute atomic E-state index is 0.103. The van der Waals surface area contributed by atoms with Crippen molar-refractivity contribution in [2.75, 3.05) is 40.0 Å². The second kappa shape index (κ2) is 8.88. The fraction of sp³-hybridized carbons (Fsp3) is 0.850. The normalized spacial score (nSPS) is 25.9. The number of likely N-dealkylation sites (tertiary alicyclic amines) is 1. The quantitative estimate of drug-likeness (QED) is 0.756. The van der Waals surface area contributed by atoms with Crippen LogP contribution in [0, 0.1) is 11.8 Å². The topological polar surface area (TPSA) is 86.9 Å². The van der Waals surface area contributed by atoms with E-state index in [0.717, 1.165) is 70.5 Å². The van der Waals surface area contributed by atoms with Gasteiger partial charge in [0.05, 0.1) is 5.60 Å². The first-order valence-electron chi connectivity index (χ1n) is 10.5. The molecule has 1 aromatic heterocycles. The summed E-state index contributed by atoms with van der Waals surface area (Å²) in [6.07, 6.45) is 6.37. The molecule has 1 unspecified atom stereocenters. The summed E-state index contributed by atoms with van der Waals surface area (Å²) in [6, 6.07) is 0. The Morgan fingerprint density at radius 3 is 2.75 bits per heavy atom. The zero-order valence-electron chi connectivity index (χ0n) is 16.7. The van der Waals surface area contributed by atoms with Crippen molar-refractivity contribution in [2.24, 2.45) is 11.8 Å². The van der Waals surface area contributed by atoms with Crippen molar-refractivity contribution < 1.29 is 23.5 Å². The number of methoxy groups -OCH3 is 1. The maximum Gasteiger partial charge on any atom is 0.252 e. The molecule has 0 bridgehead atoms. The molecule has 28 heavy (non-hydrogen) atoms. The van der Waals surface area contributed by atoms with Crippen LogP contribution in [0.25, 0.3) is 0 Å². The number of nitrogens with zero attached hydrogens (tertiary/aromatic N) is 3. The highest BCUT2D eigenvalue weighted by Gasteiger charge is 2.42. The SMILES string of the molecule is COCc1nc(CC2CCOC3(CCN(C(=O)C4CCOCC4)CC3)C2)no1. The van der Waals surface area contributed by atoms with Gasteiger partial charge in [-0.05, 0) is 44.4 Å². The van der Waals surface area contributed by atoms with Crippen LogP contribution >= 0.6 is 0 Å². The molecule has 1 atom stereocenters. The highest BCUT2D eigenvalue weighted by atomic mass is 16.5. The van der Waals surface area contributed by atoms with Crippen molar-refractivity contribution in [1.29, 1.82) is 0 Å². The lowest BCUT2D eigenvalue weighted by molar-refractivity contribution is -0.152. The third-order valence-corrected chi connectivity index (χ3v) is 6.40. The van der Waals surface area contributed by atoms with E-state index in [9.17, 15) is 4.79 Å². The molecule has 3 aliphatic rings. The predicted octanol–water partition coefficient (Wildman–Crippen LogP) is 1.97. The maximum absolute atomic E-state index is 12.8. The molecule has 1 aromatic rings. The van der Waals surface area contributed by atoms with E-state index < -0.39 is 0 Å². The van der Waals surface area contributed by atoms with Gasteiger partial charge in [-0.1, -0.05) is 5.16 Å². The van der Waals surface area contributed by atoms with Crippen molar-refractivity contribution in [1.82, 2.24) is 15.0 Å². The smallest absolute Gasteiger partial charge is 0.252 e. The first kappa shape index (κ1) is 19.8. The van der Waals surface area contributed by atoms with Crippen molar-refractivity contribution in [3.63, 3.8) is 0 Å². The molecule has 3 aliphatic heterocycles. The van der Waals surface area contributed by atoms with Crippen molar-refractivity contribution in [3.8, 4) is 0 Å². The van der Waals surface area contributed by atoms with E-state index in [4.69, 9.17) is 18.7 Å². The Morgan fingerprint density at radius 2 is 2.00 bits per heavy atom. The molecule has 0 radical (unpaired) electrons. The van der Waals surface area contributed by atoms with Gasteiger partial charge < -0.3 is 23.6 Å². The van der Waals surface area contributed by atoms with Crippen LogP contribution in [0.15, 0.2) is 4.52 Å². The Labute approximate surface area is 165 Å². The average molecular weight is 393 g/mol. The molecule has 156 valence electrons. The maximum atomic E-state index is 12.8. The first-order valence-corrected chi connectivity index (χ1v) is 10.5. The number of hydrogen-bond donors (Lipinski definition) is 0. The van der Waals surface area contributed by atoms with Crippen LogP contribution in [0.3, 0.4) is 0 Å². The highest BCUT2D eigenvalue weighted by Crippen LogP contribution is 2.39. The lowest BCUT2D eigenvalue weighted by atomic mass is 9.78. The lowest BCUT2D eigenvalue weighted by Crippen LogP contribution is -2.52. The molecule has 0 N–H and O–H groups in total. The zero-order chi connectivity index (χ0) is 19.4. The minimum atomic E-state index is -0.103. The first-order chi connectivity index (χ1) is 13.7. The van der Waals surface area contributed by atoms with E-state index >= 15 is 0 Å². The Balaban J connectivity index is 1.29. The number of aromatic nitrogens is 2. The van der Waals surface area contributed by atoms with Crippen LogP contribution in [0.2, 0.25) is 0 Å². The fourth-order valence-corrected chi connectivity index (χ4v) is 4.80. The summed E-state index contributed by atoms with van der Waals surface area (Å²) < 4.78 is 21.9. The molecule has 1 amide bonds. The third-order valence-electron chi connectivity index (χ3n) is 6.40. The zero-order valence-corrected chi connectivity index (χ0v) is 16.7. The molecule has 4 heterocycles. The van der Waals surface area contributed by atoms with E-state index in [1.165, 1.54) is 0 Å². The monoisotopic (exact) mass is 393 g/mol. The Kier molecular flexibility index (Phi) is 6.28. The Hall–Kier alpha value is -1.51. The second-order valence-corrected chi connectivity index (χ2v) is 8.34. The Bertz CT molecular complexity index is 650. The standard InChI is InChI=1S/C20H31N3O5/c1-25-14-18-21-17(22-28-18)12-15-2-11-27-20(13-15)5-7-23(8-6-20)19(24)16-3-9-26-10-4-16/h15-16H,2-14H2,1H3. The number of amides is 1. The van der Waals surface area contributed by atoms with Crippen LogP contribution in [0.5, 0.6) is 0 Å². The third kappa shape index (κ3) is 4.55. The van der Waals surface area contributed by atoms with Crippen molar-refractivity contribution in [2.45, 2.75) is 57.2 Å². The van der Waals surface area contributed by atoms with Gasteiger partial charge in [0, 0.05) is 52.4 Å². The van der Waals surface area contributed by atoms with E-state index in [2.05, 4.69) is 10.1 Å². The number of ether oxygens (including phenoxy) is 3. The molecule has 1 spiro atoms. The number of rotatable bonds is 5. The van der Waals surface area contributed by atoms with Crippen LogP contribution in [0.4, 0.5) is 0 Å². The predicted molar refractivity (Wildman–Crippen MR) is 99.5 cm³/mol. The number of piperidine rings is 1. The van der Waals surface area contributed by atoms with Gasteiger partial charge >= 0.3 is 0 Å². The van der Waals surface area contributed by atoms with E-state index in [1.54, 1.807) is 7.11 Å². The molecule has 0 aliphatic carbocycles. The second-order valence-electron chi connectivity index (χ2n) is 8.34. The minimum Gasteiger partial charge on any atom is -0.381 e. The molecular weight excluding hydrogens is 362 g/mol. The highest BCUT2D eigenvalue weighted by molar-refractivity contribution is 5.79. The fourth-order valence-electron chi connectivity index (χ4n) is 4.80. The Morgan fingerprint density at radius 1 is 1.21 bits per heavy atom. The molecule has 3 fully saturated rings. The van der Waals surface area contributed by atoms with Gasteiger partial charge in [0.1, 0.15) is 6.61 Å². The van der Waals surface area contributed by atoms with Crippen molar-refractivity contribution >= 4 is 5.91 Å². The number of carbonyl (C=O) groups is 1. The van der Waals surface area contributed by atoms with E-state index in [-0.39, 0.29) is 11.5 Å². The lowest BCUT2D eigenvalue weighted by Gasteiger charge is -2.46. The van der Waals surface area contributed by atoms with Gasteiger partial charge in [-0.2, -0.15) is 4.98 Å². The molecular formula is C20H31N3O5. The summed E-state index contributed by atoms with van der Waals surface area (Å²) in [5.41, 5.74) is -0.103. The summed E-state index contributed by atoms with van der Waals surface area (Å²) in [5, 5.41) is 4.08. The van der Waals surface area contributed by atoms with Gasteiger partial charge in [-0.25, -0.2) is 0 Å². The largest absolute Gasteiger partial charge is 0.381 e. The summed E-state index contributed by atoms with van der Waals surface area (Å²) >= 11 is 0. The molecule has 8 nitrogen and oxygen atoms in total. The van der Waals surface area contributed by atoms with Gasteiger partial charge in [-0.15, -0.1) is 0 Å². The molecule has 4 rings (SSSR count). The summed E-state index contributed by atoms with van der Waals surface area (Å²) in [7, 11) is 1.62. The summed E-state index contributed by atoms with van der Waals surface area (Å²) in [4.78, 5) is 19.2. The molecule has 0 saturated carbocycles. The summed E-state index contributed by atoms with van der Waals surface area (Å²) in [5.74, 6) is 2.21. The molecule has 8 heteroatoms. The van der Waals surface area contributed by atoms with Gasteiger partial charge in [-0.3, -0.25) is 4.79 Å².